The van der Waals surface area contributed by atoms with Crippen LogP contribution in [-0.4, -0.2) is 55.1 Å². The molecule has 0 radical (unpaired) electrons. The maximum atomic E-state index is 12.5. The maximum absolute atomic E-state index is 12.5. The number of aryl methyl sites for hydroxylation is 1. The molecular weight excluding hydrogens is 336 g/mol. The smallest absolute Gasteiger partial charge is 0.255 e. The van der Waals surface area contributed by atoms with Crippen LogP contribution in [-0.2, 0) is 0 Å². The molecule has 2 fully saturated rings. The van der Waals surface area contributed by atoms with Crippen LogP contribution in [0.5, 0.6) is 0 Å². The number of pyridine rings is 1. The second-order valence-corrected chi connectivity index (χ2v) is 7.60. The van der Waals surface area contributed by atoms with Crippen LogP contribution in [0.15, 0.2) is 36.5 Å². The van der Waals surface area contributed by atoms with Crippen molar-refractivity contribution in [2.24, 2.45) is 0 Å². The molecule has 2 aromatic rings. The molecule has 2 saturated heterocycles. The minimum atomic E-state index is 0.117. The Morgan fingerprint density at radius 2 is 1.59 bits per heavy atom. The molecule has 27 heavy (non-hydrogen) atoms. The van der Waals surface area contributed by atoms with E-state index in [1.54, 1.807) is 6.20 Å². The lowest BCUT2D eigenvalue weighted by Crippen LogP contribution is -2.47. The molecule has 0 aliphatic carbocycles. The van der Waals surface area contributed by atoms with Crippen molar-refractivity contribution in [3.8, 4) is 0 Å². The molecule has 0 spiro atoms. The zero-order valence-corrected chi connectivity index (χ0v) is 16.3. The molecule has 0 atom stereocenters. The highest BCUT2D eigenvalue weighted by Crippen LogP contribution is 2.25. The van der Waals surface area contributed by atoms with E-state index in [4.69, 9.17) is 0 Å². The van der Waals surface area contributed by atoms with Gasteiger partial charge in [-0.15, -0.1) is 0 Å². The van der Waals surface area contributed by atoms with Crippen molar-refractivity contribution in [2.75, 3.05) is 49.1 Å². The summed E-state index contributed by atoms with van der Waals surface area (Å²) in [6.45, 7) is 9.99. The molecule has 0 N–H and O–H groups in total. The summed E-state index contributed by atoms with van der Waals surface area (Å²) in [7, 11) is 0. The number of aromatic nitrogens is 1. The Balaban J connectivity index is 1.39. The molecule has 1 aromatic carbocycles. The Morgan fingerprint density at radius 3 is 2.26 bits per heavy atom. The first-order chi connectivity index (χ1) is 13.1. The van der Waals surface area contributed by atoms with Gasteiger partial charge in [-0.05, 0) is 56.0 Å². The fourth-order valence-corrected chi connectivity index (χ4v) is 4.06. The Bertz CT molecular complexity index is 804. The van der Waals surface area contributed by atoms with Gasteiger partial charge in [0.25, 0.3) is 5.91 Å². The van der Waals surface area contributed by atoms with E-state index >= 15 is 0 Å². The monoisotopic (exact) mass is 364 g/mol. The third kappa shape index (κ3) is 3.64. The average molecular weight is 364 g/mol. The zero-order valence-electron chi connectivity index (χ0n) is 16.3. The van der Waals surface area contributed by atoms with E-state index in [1.807, 2.05) is 17.0 Å². The number of amides is 1. The van der Waals surface area contributed by atoms with Crippen LogP contribution in [0.2, 0.25) is 0 Å². The predicted octanol–water partition coefficient (Wildman–Crippen LogP) is 3.26. The van der Waals surface area contributed by atoms with E-state index < -0.39 is 0 Å². The highest BCUT2D eigenvalue weighted by Gasteiger charge is 2.22. The largest absolute Gasteiger partial charge is 0.368 e. The molecule has 142 valence electrons. The van der Waals surface area contributed by atoms with Gasteiger partial charge in [0.2, 0.25) is 0 Å². The lowest BCUT2D eigenvalue weighted by Gasteiger charge is -2.37. The maximum Gasteiger partial charge on any atom is 0.255 e. The molecule has 2 aliphatic heterocycles. The minimum absolute atomic E-state index is 0.117. The third-order valence-electron chi connectivity index (χ3n) is 5.91. The minimum Gasteiger partial charge on any atom is -0.368 e. The quantitative estimate of drug-likeness (QED) is 0.838. The second-order valence-electron chi connectivity index (χ2n) is 7.60. The summed E-state index contributed by atoms with van der Waals surface area (Å²) in [5.41, 5.74) is 4.76. The van der Waals surface area contributed by atoms with Crippen molar-refractivity contribution in [3.05, 3.63) is 53.2 Å². The van der Waals surface area contributed by atoms with E-state index in [9.17, 15) is 4.79 Å². The summed E-state index contributed by atoms with van der Waals surface area (Å²) in [4.78, 5) is 23.7. The van der Waals surface area contributed by atoms with E-state index in [0.717, 1.165) is 57.9 Å². The van der Waals surface area contributed by atoms with Gasteiger partial charge in [-0.25, -0.2) is 4.98 Å². The first-order valence-corrected chi connectivity index (χ1v) is 9.95. The molecule has 5 nitrogen and oxygen atoms in total. The Hall–Kier alpha value is -2.56. The van der Waals surface area contributed by atoms with Crippen LogP contribution in [0.4, 0.5) is 11.5 Å². The molecule has 1 amide bonds. The van der Waals surface area contributed by atoms with Gasteiger partial charge in [0.05, 0.1) is 5.56 Å². The van der Waals surface area contributed by atoms with Crippen LogP contribution in [0, 0.1) is 13.8 Å². The molecule has 4 rings (SSSR count). The van der Waals surface area contributed by atoms with E-state index in [1.165, 1.54) is 16.8 Å². The number of hydrogen-bond donors (Lipinski definition) is 0. The summed E-state index contributed by atoms with van der Waals surface area (Å²) < 4.78 is 0. The van der Waals surface area contributed by atoms with Crippen LogP contribution in [0.1, 0.15) is 34.3 Å². The molecule has 0 unspecified atom stereocenters. The number of anilines is 2. The Kier molecular flexibility index (Phi) is 5.01. The molecule has 3 heterocycles. The van der Waals surface area contributed by atoms with Crippen LogP contribution < -0.4 is 9.80 Å². The second kappa shape index (κ2) is 7.59. The summed E-state index contributed by atoms with van der Waals surface area (Å²) in [5, 5.41) is 0. The lowest BCUT2D eigenvalue weighted by atomic mass is 10.1. The van der Waals surface area contributed by atoms with E-state index in [0.29, 0.717) is 5.56 Å². The normalized spacial score (nSPS) is 17.5. The standard InChI is InChI=1S/C22H28N4O/c1-17-6-5-7-20(18(17)2)24-12-14-25(15-13-24)21-9-8-19(16-23-21)22(27)26-10-3-4-11-26/h5-9,16H,3-4,10-15H2,1-2H3. The number of nitrogens with zero attached hydrogens (tertiary/aromatic N) is 4. The Labute approximate surface area is 161 Å². The first kappa shape index (κ1) is 17.8. The van der Waals surface area contributed by atoms with Gasteiger partial charge in [-0.3, -0.25) is 4.79 Å². The average Bonchev–Trinajstić information content (AvgIpc) is 3.25. The third-order valence-corrected chi connectivity index (χ3v) is 5.91. The fourth-order valence-electron chi connectivity index (χ4n) is 4.06. The van der Waals surface area contributed by atoms with E-state index in [2.05, 4.69) is 46.8 Å². The topological polar surface area (TPSA) is 39.7 Å². The summed E-state index contributed by atoms with van der Waals surface area (Å²) in [6.07, 6.45) is 3.97. The van der Waals surface area contributed by atoms with Crippen LogP contribution in [0.25, 0.3) is 0 Å². The number of carbonyl (C=O) groups excluding carboxylic acids is 1. The molecular formula is C22H28N4O. The van der Waals surface area contributed by atoms with Crippen molar-refractivity contribution in [3.63, 3.8) is 0 Å². The number of piperazine rings is 1. The summed E-state index contributed by atoms with van der Waals surface area (Å²) >= 11 is 0. The number of benzene rings is 1. The highest BCUT2D eigenvalue weighted by atomic mass is 16.2. The van der Waals surface area contributed by atoms with Crippen molar-refractivity contribution in [1.29, 1.82) is 0 Å². The van der Waals surface area contributed by atoms with Crippen LogP contribution >= 0.6 is 0 Å². The predicted molar refractivity (Wildman–Crippen MR) is 110 cm³/mol. The number of rotatable bonds is 3. The molecule has 1 aromatic heterocycles. The first-order valence-electron chi connectivity index (χ1n) is 9.95. The molecule has 0 saturated carbocycles. The highest BCUT2D eigenvalue weighted by molar-refractivity contribution is 5.94. The van der Waals surface area contributed by atoms with Gasteiger partial charge >= 0.3 is 0 Å². The van der Waals surface area contributed by atoms with Gasteiger partial charge in [0.15, 0.2) is 0 Å². The zero-order chi connectivity index (χ0) is 18.8. The lowest BCUT2D eigenvalue weighted by molar-refractivity contribution is 0.0792. The molecule has 2 aliphatic rings. The summed E-state index contributed by atoms with van der Waals surface area (Å²) in [5.74, 6) is 1.08. The van der Waals surface area contributed by atoms with Gasteiger partial charge in [0, 0.05) is 51.2 Å². The number of hydrogen-bond acceptors (Lipinski definition) is 4. The molecule has 5 heteroatoms. The summed E-state index contributed by atoms with van der Waals surface area (Å²) in [6, 6.07) is 10.5. The number of carbonyl (C=O) groups is 1. The van der Waals surface area contributed by atoms with Crippen molar-refractivity contribution in [2.45, 2.75) is 26.7 Å². The van der Waals surface area contributed by atoms with Gasteiger partial charge in [-0.2, -0.15) is 0 Å². The van der Waals surface area contributed by atoms with Crippen molar-refractivity contribution >= 4 is 17.4 Å². The van der Waals surface area contributed by atoms with Gasteiger partial charge in [0.1, 0.15) is 5.82 Å². The van der Waals surface area contributed by atoms with Gasteiger partial charge < -0.3 is 14.7 Å². The van der Waals surface area contributed by atoms with E-state index in [-0.39, 0.29) is 5.91 Å². The van der Waals surface area contributed by atoms with Gasteiger partial charge in [-0.1, -0.05) is 12.1 Å². The number of likely N-dealkylation sites (tertiary alicyclic amines) is 1. The fraction of sp³-hybridized carbons (Fsp3) is 0.455. The van der Waals surface area contributed by atoms with Crippen molar-refractivity contribution in [1.82, 2.24) is 9.88 Å². The molecule has 0 bridgehead atoms. The Morgan fingerprint density at radius 1 is 0.889 bits per heavy atom. The van der Waals surface area contributed by atoms with Crippen LogP contribution in [0.3, 0.4) is 0 Å². The van der Waals surface area contributed by atoms with Crippen molar-refractivity contribution < 1.29 is 4.79 Å². The SMILES string of the molecule is Cc1cccc(N2CCN(c3ccc(C(=O)N4CCCC4)cn3)CC2)c1C.